The van der Waals surface area contributed by atoms with Crippen LogP contribution in [0.25, 0.3) is 33.3 Å². The van der Waals surface area contributed by atoms with Gasteiger partial charge in [0.05, 0.1) is 22.3 Å². The molecule has 33 heavy (non-hydrogen) atoms. The predicted molar refractivity (Wildman–Crippen MR) is 129 cm³/mol. The third kappa shape index (κ3) is 4.27. The first-order valence-electron chi connectivity index (χ1n) is 10.6. The van der Waals surface area contributed by atoms with E-state index in [4.69, 9.17) is 9.72 Å². The zero-order chi connectivity index (χ0) is 22.6. The Kier molecular flexibility index (Phi) is 5.48. The van der Waals surface area contributed by atoms with Gasteiger partial charge in [-0.3, -0.25) is 0 Å². The highest BCUT2D eigenvalue weighted by Crippen LogP contribution is 2.29. The first-order valence-corrected chi connectivity index (χ1v) is 10.6. The van der Waals surface area contributed by atoms with E-state index in [1.54, 1.807) is 36.4 Å². The zero-order valence-electron chi connectivity index (χ0n) is 17.6. The van der Waals surface area contributed by atoms with Crippen LogP contribution in [0.1, 0.15) is 20.7 Å². The minimum absolute atomic E-state index is 0.293. The van der Waals surface area contributed by atoms with Crippen LogP contribution in [-0.2, 0) is 4.74 Å². The molecule has 158 valence electrons. The first kappa shape index (κ1) is 20.3. The molecule has 5 rings (SSSR count). The number of pyridine rings is 1. The number of aromatic nitrogens is 1. The quantitative estimate of drug-likeness (QED) is 0.240. The molecule has 0 aliphatic carbocycles. The lowest BCUT2D eigenvalue weighted by Crippen LogP contribution is -2.13. The Morgan fingerprint density at radius 1 is 0.576 bits per heavy atom. The molecule has 0 bridgehead atoms. The molecule has 0 saturated heterocycles. The average Bonchev–Trinajstić information content (AvgIpc) is 2.89. The van der Waals surface area contributed by atoms with E-state index in [1.165, 1.54) is 0 Å². The molecule has 0 spiro atoms. The van der Waals surface area contributed by atoms with Gasteiger partial charge in [0.15, 0.2) is 0 Å². The van der Waals surface area contributed by atoms with E-state index in [2.05, 4.69) is 0 Å². The Hall–Kier alpha value is -4.57. The number of benzene rings is 4. The molecule has 0 amide bonds. The molecule has 0 saturated carbocycles. The number of hydrogen-bond acceptors (Lipinski definition) is 4. The van der Waals surface area contributed by atoms with Crippen LogP contribution in [0.4, 0.5) is 0 Å². The summed E-state index contributed by atoms with van der Waals surface area (Å²) in [7, 11) is 0. The highest BCUT2D eigenvalue weighted by atomic mass is 16.6. The van der Waals surface area contributed by atoms with Gasteiger partial charge in [-0.15, -0.1) is 0 Å². The van der Waals surface area contributed by atoms with Crippen LogP contribution in [0, 0.1) is 0 Å². The van der Waals surface area contributed by atoms with Gasteiger partial charge in [-0.05, 0) is 41.5 Å². The summed E-state index contributed by atoms with van der Waals surface area (Å²) in [4.78, 5) is 30.5. The molecule has 1 heterocycles. The SMILES string of the molecule is O=C(OC(=O)c1cc(-c2ccccc2)nc2ccc(-c3ccccc3)cc12)c1ccccc1. The zero-order valence-corrected chi connectivity index (χ0v) is 17.6. The van der Waals surface area contributed by atoms with Crippen molar-refractivity contribution in [2.75, 3.05) is 0 Å². The lowest BCUT2D eigenvalue weighted by molar-refractivity contribution is 0.0399. The maximum absolute atomic E-state index is 13.2. The largest absolute Gasteiger partial charge is 0.386 e. The van der Waals surface area contributed by atoms with Gasteiger partial charge >= 0.3 is 11.9 Å². The Balaban J connectivity index is 1.63. The molecule has 0 N–H and O–H groups in total. The van der Waals surface area contributed by atoms with Crippen molar-refractivity contribution >= 4 is 22.8 Å². The van der Waals surface area contributed by atoms with E-state index < -0.39 is 11.9 Å². The maximum atomic E-state index is 13.2. The summed E-state index contributed by atoms with van der Waals surface area (Å²) in [5.74, 6) is -1.40. The van der Waals surface area contributed by atoms with Crippen LogP contribution in [0.2, 0.25) is 0 Å². The molecule has 0 atom stereocenters. The van der Waals surface area contributed by atoms with Gasteiger partial charge in [0, 0.05) is 10.9 Å². The van der Waals surface area contributed by atoms with Crippen LogP contribution in [-0.4, -0.2) is 16.9 Å². The van der Waals surface area contributed by atoms with Crippen molar-refractivity contribution < 1.29 is 14.3 Å². The van der Waals surface area contributed by atoms with Crippen molar-refractivity contribution in [3.05, 3.63) is 126 Å². The Morgan fingerprint density at radius 2 is 1.18 bits per heavy atom. The van der Waals surface area contributed by atoms with Crippen molar-refractivity contribution in [2.24, 2.45) is 0 Å². The molecular weight excluding hydrogens is 410 g/mol. The number of fused-ring (bicyclic) bond motifs is 1. The number of nitrogens with zero attached hydrogens (tertiary/aromatic N) is 1. The monoisotopic (exact) mass is 429 g/mol. The Bertz CT molecular complexity index is 1450. The minimum Gasteiger partial charge on any atom is -0.386 e. The maximum Gasteiger partial charge on any atom is 0.346 e. The number of carbonyl (C=O) groups is 2. The smallest absolute Gasteiger partial charge is 0.346 e. The van der Waals surface area contributed by atoms with E-state index in [0.29, 0.717) is 27.7 Å². The van der Waals surface area contributed by atoms with Gasteiger partial charge < -0.3 is 4.74 Å². The van der Waals surface area contributed by atoms with E-state index in [0.717, 1.165) is 16.7 Å². The highest BCUT2D eigenvalue weighted by molar-refractivity contribution is 6.10. The molecule has 4 aromatic carbocycles. The Labute approximate surface area is 191 Å². The second-order valence-electron chi connectivity index (χ2n) is 7.56. The molecular formula is C29H19NO3. The topological polar surface area (TPSA) is 56.3 Å². The van der Waals surface area contributed by atoms with Crippen LogP contribution in [0.3, 0.4) is 0 Å². The van der Waals surface area contributed by atoms with Crippen LogP contribution in [0.15, 0.2) is 115 Å². The van der Waals surface area contributed by atoms with Crippen molar-refractivity contribution in [3.63, 3.8) is 0 Å². The third-order valence-electron chi connectivity index (χ3n) is 5.40. The number of esters is 2. The fraction of sp³-hybridized carbons (Fsp3) is 0. The highest BCUT2D eigenvalue weighted by Gasteiger charge is 2.20. The summed E-state index contributed by atoms with van der Waals surface area (Å²) >= 11 is 0. The molecule has 0 unspecified atom stereocenters. The fourth-order valence-electron chi connectivity index (χ4n) is 3.73. The summed E-state index contributed by atoms with van der Waals surface area (Å²) in [6.07, 6.45) is 0. The van der Waals surface area contributed by atoms with Crippen molar-refractivity contribution in [1.29, 1.82) is 0 Å². The summed E-state index contributed by atoms with van der Waals surface area (Å²) < 4.78 is 5.26. The van der Waals surface area contributed by atoms with E-state index in [1.807, 2.05) is 78.9 Å². The van der Waals surface area contributed by atoms with Gasteiger partial charge in [0.2, 0.25) is 0 Å². The summed E-state index contributed by atoms with van der Waals surface area (Å²) in [5, 5.41) is 0.627. The van der Waals surface area contributed by atoms with E-state index in [-0.39, 0.29) is 0 Å². The van der Waals surface area contributed by atoms with Crippen molar-refractivity contribution in [1.82, 2.24) is 4.98 Å². The molecule has 4 heteroatoms. The minimum atomic E-state index is -0.710. The predicted octanol–water partition coefficient (Wildman–Crippen LogP) is 6.57. The normalized spacial score (nSPS) is 10.7. The molecule has 5 aromatic rings. The van der Waals surface area contributed by atoms with Gasteiger partial charge in [-0.25, -0.2) is 14.6 Å². The van der Waals surface area contributed by atoms with Crippen LogP contribution in [0.5, 0.6) is 0 Å². The molecule has 0 aliphatic heterocycles. The number of hydrogen-bond donors (Lipinski definition) is 0. The van der Waals surface area contributed by atoms with Crippen LogP contribution >= 0.6 is 0 Å². The Morgan fingerprint density at radius 3 is 1.85 bits per heavy atom. The van der Waals surface area contributed by atoms with Crippen LogP contribution < -0.4 is 0 Å². The number of ether oxygens (including phenoxy) is 1. The molecule has 0 radical (unpaired) electrons. The standard InChI is InChI=1S/C29H19NO3/c31-28(22-14-8-3-9-15-22)33-29(32)25-19-27(21-12-6-2-7-13-21)30-26-17-16-23(18-24(25)26)20-10-4-1-5-11-20/h1-19H. The van der Waals surface area contributed by atoms with E-state index >= 15 is 0 Å². The van der Waals surface area contributed by atoms with Gasteiger partial charge in [-0.1, -0.05) is 84.9 Å². The molecule has 0 fully saturated rings. The lowest BCUT2D eigenvalue weighted by atomic mass is 9.99. The number of rotatable bonds is 4. The average molecular weight is 429 g/mol. The fourth-order valence-corrected chi connectivity index (χ4v) is 3.73. The van der Waals surface area contributed by atoms with Crippen molar-refractivity contribution in [2.45, 2.75) is 0 Å². The van der Waals surface area contributed by atoms with Gasteiger partial charge in [0.1, 0.15) is 0 Å². The second-order valence-corrected chi connectivity index (χ2v) is 7.56. The molecule has 0 aliphatic rings. The lowest BCUT2D eigenvalue weighted by Gasteiger charge is -2.11. The van der Waals surface area contributed by atoms with Gasteiger partial charge in [0.25, 0.3) is 0 Å². The van der Waals surface area contributed by atoms with E-state index in [9.17, 15) is 9.59 Å². The summed E-state index contributed by atoms with van der Waals surface area (Å²) in [6, 6.07) is 35.4. The summed E-state index contributed by atoms with van der Waals surface area (Å²) in [6.45, 7) is 0. The summed E-state index contributed by atoms with van der Waals surface area (Å²) in [5.41, 5.74) is 4.73. The second kappa shape index (κ2) is 8.89. The first-order chi connectivity index (χ1) is 16.2. The molecule has 1 aromatic heterocycles. The number of carbonyl (C=O) groups excluding carboxylic acids is 2. The molecule has 4 nitrogen and oxygen atoms in total. The van der Waals surface area contributed by atoms with Gasteiger partial charge in [-0.2, -0.15) is 0 Å². The van der Waals surface area contributed by atoms with Crippen molar-refractivity contribution in [3.8, 4) is 22.4 Å². The third-order valence-corrected chi connectivity index (χ3v) is 5.40.